The lowest BCUT2D eigenvalue weighted by Gasteiger charge is -2.12. The summed E-state index contributed by atoms with van der Waals surface area (Å²) < 4.78 is 0. The molecule has 150 valence electrons. The summed E-state index contributed by atoms with van der Waals surface area (Å²) in [6, 6.07) is 4.25. The van der Waals surface area contributed by atoms with E-state index in [0.717, 1.165) is 57.9 Å². The number of pyridine rings is 1. The molecule has 28 heavy (non-hydrogen) atoms. The van der Waals surface area contributed by atoms with Gasteiger partial charge in [-0.25, -0.2) is 9.97 Å². The Morgan fingerprint density at radius 2 is 1.86 bits per heavy atom. The van der Waals surface area contributed by atoms with Crippen molar-refractivity contribution in [2.24, 2.45) is 0 Å². The molecule has 0 aliphatic carbocycles. The topological polar surface area (TPSA) is 91.8 Å². The van der Waals surface area contributed by atoms with Crippen LogP contribution in [0.25, 0.3) is 22.4 Å². The number of aromatic amines is 1. The quantitative estimate of drug-likeness (QED) is 0.633. The highest BCUT2D eigenvalue weighted by atomic mass is 16.4. The zero-order chi connectivity index (χ0) is 20.8. The molecule has 0 saturated carbocycles. The monoisotopic (exact) mass is 382 g/mol. The Hall–Kier alpha value is -2.76. The van der Waals surface area contributed by atoms with Gasteiger partial charge in [0.1, 0.15) is 5.52 Å². The molecule has 0 amide bonds. The Kier molecular flexibility index (Phi) is 7.26. The molecule has 0 bridgehead atoms. The standard InChI is InChI=1S/C18H22N4.C4H8O2/c1-6-14-13(7-8-15(21-14)10(2)3)17-12(5)20-18-16(22-17)11(4)9-19-18;1-2-3-4(5)6/h7-10H,6H2,1-5H3,(H,19,20);2-3H2,1H3,(H,5,6). The predicted octanol–water partition coefficient (Wildman–Crippen LogP) is 5.19. The fourth-order valence-corrected chi connectivity index (χ4v) is 2.93. The van der Waals surface area contributed by atoms with Gasteiger partial charge in [0.15, 0.2) is 5.65 Å². The Bertz CT molecular complexity index is 961. The second-order valence-corrected chi connectivity index (χ2v) is 7.21. The second-order valence-electron chi connectivity index (χ2n) is 7.21. The predicted molar refractivity (Wildman–Crippen MR) is 113 cm³/mol. The molecular formula is C22H30N4O2. The highest BCUT2D eigenvalue weighted by Gasteiger charge is 2.15. The first-order valence-electron chi connectivity index (χ1n) is 9.82. The van der Waals surface area contributed by atoms with E-state index < -0.39 is 5.97 Å². The molecule has 6 nitrogen and oxygen atoms in total. The lowest BCUT2D eigenvalue weighted by Crippen LogP contribution is -2.02. The van der Waals surface area contributed by atoms with Crippen molar-refractivity contribution in [1.82, 2.24) is 19.9 Å². The number of nitrogens with one attached hydrogen (secondary N) is 1. The van der Waals surface area contributed by atoms with Crippen LogP contribution in [0, 0.1) is 13.8 Å². The highest BCUT2D eigenvalue weighted by Crippen LogP contribution is 2.28. The van der Waals surface area contributed by atoms with Crippen molar-refractivity contribution in [1.29, 1.82) is 0 Å². The van der Waals surface area contributed by atoms with Crippen molar-refractivity contribution < 1.29 is 9.90 Å². The molecule has 0 atom stereocenters. The number of H-pyrrole nitrogens is 1. The molecule has 6 heteroatoms. The lowest BCUT2D eigenvalue weighted by atomic mass is 10.0. The van der Waals surface area contributed by atoms with Crippen molar-refractivity contribution in [3.05, 3.63) is 41.0 Å². The Labute approximate surface area is 166 Å². The highest BCUT2D eigenvalue weighted by molar-refractivity contribution is 5.79. The Balaban J connectivity index is 0.000000409. The maximum Gasteiger partial charge on any atom is 0.303 e. The van der Waals surface area contributed by atoms with Crippen LogP contribution in [0.3, 0.4) is 0 Å². The molecule has 3 heterocycles. The van der Waals surface area contributed by atoms with E-state index in [0.29, 0.717) is 12.3 Å². The van der Waals surface area contributed by atoms with Crippen molar-refractivity contribution >= 4 is 17.1 Å². The van der Waals surface area contributed by atoms with Crippen LogP contribution in [0.4, 0.5) is 0 Å². The second kappa shape index (κ2) is 9.44. The average molecular weight is 383 g/mol. The maximum absolute atomic E-state index is 9.60. The molecule has 0 aliphatic rings. The molecule has 3 aromatic heterocycles. The summed E-state index contributed by atoms with van der Waals surface area (Å²) in [4.78, 5) is 27.1. The van der Waals surface area contributed by atoms with Crippen molar-refractivity contribution in [2.45, 2.75) is 66.7 Å². The molecule has 0 radical (unpaired) electrons. The number of carboxylic acids is 1. The van der Waals surface area contributed by atoms with Crippen LogP contribution in [-0.4, -0.2) is 31.0 Å². The molecule has 0 spiro atoms. The van der Waals surface area contributed by atoms with Gasteiger partial charge in [-0.05, 0) is 50.3 Å². The van der Waals surface area contributed by atoms with Crippen molar-refractivity contribution in [2.75, 3.05) is 0 Å². The molecule has 0 saturated heterocycles. The Morgan fingerprint density at radius 1 is 1.14 bits per heavy atom. The van der Waals surface area contributed by atoms with Crippen LogP contribution < -0.4 is 0 Å². The number of carbonyl (C=O) groups is 1. The molecule has 0 unspecified atom stereocenters. The third kappa shape index (κ3) is 4.94. The van der Waals surface area contributed by atoms with Crippen LogP contribution in [0.15, 0.2) is 18.3 Å². The molecular weight excluding hydrogens is 352 g/mol. The van der Waals surface area contributed by atoms with E-state index in [1.54, 1.807) is 0 Å². The van der Waals surface area contributed by atoms with Crippen molar-refractivity contribution in [3.63, 3.8) is 0 Å². The minimum absolute atomic E-state index is 0.292. The van der Waals surface area contributed by atoms with Crippen LogP contribution in [0.2, 0.25) is 0 Å². The van der Waals surface area contributed by atoms with Gasteiger partial charge in [0.2, 0.25) is 0 Å². The number of aliphatic carboxylic acids is 1. The molecule has 0 aliphatic heterocycles. The van der Waals surface area contributed by atoms with Crippen LogP contribution in [-0.2, 0) is 11.2 Å². The van der Waals surface area contributed by atoms with E-state index in [2.05, 4.69) is 42.9 Å². The van der Waals surface area contributed by atoms with E-state index in [4.69, 9.17) is 15.1 Å². The zero-order valence-electron chi connectivity index (χ0n) is 17.6. The van der Waals surface area contributed by atoms with Gasteiger partial charge in [0, 0.05) is 29.6 Å². The first-order valence-corrected chi connectivity index (χ1v) is 9.82. The molecule has 0 fully saturated rings. The summed E-state index contributed by atoms with van der Waals surface area (Å²) in [6.45, 7) is 12.4. The fourth-order valence-electron chi connectivity index (χ4n) is 2.93. The lowest BCUT2D eigenvalue weighted by molar-refractivity contribution is -0.137. The number of carboxylic acid groups (broad SMARTS) is 1. The third-order valence-electron chi connectivity index (χ3n) is 4.51. The van der Waals surface area contributed by atoms with Gasteiger partial charge < -0.3 is 10.1 Å². The smallest absolute Gasteiger partial charge is 0.303 e. The van der Waals surface area contributed by atoms with Gasteiger partial charge in [-0.1, -0.05) is 27.7 Å². The van der Waals surface area contributed by atoms with E-state index >= 15 is 0 Å². The molecule has 2 N–H and O–H groups in total. The Morgan fingerprint density at radius 3 is 2.39 bits per heavy atom. The number of aromatic nitrogens is 4. The average Bonchev–Trinajstić information content (AvgIpc) is 3.00. The number of aryl methyl sites for hydroxylation is 3. The van der Waals surface area contributed by atoms with Gasteiger partial charge >= 0.3 is 5.97 Å². The summed E-state index contributed by atoms with van der Waals surface area (Å²) in [7, 11) is 0. The van der Waals surface area contributed by atoms with E-state index in [-0.39, 0.29) is 0 Å². The normalized spacial score (nSPS) is 10.8. The number of hydrogen-bond donors (Lipinski definition) is 2. The van der Waals surface area contributed by atoms with E-state index in [9.17, 15) is 4.79 Å². The van der Waals surface area contributed by atoms with Gasteiger partial charge in [-0.2, -0.15) is 0 Å². The largest absolute Gasteiger partial charge is 0.481 e. The molecule has 3 rings (SSSR count). The number of rotatable bonds is 5. The fraction of sp³-hybridized carbons (Fsp3) is 0.455. The van der Waals surface area contributed by atoms with E-state index in [1.807, 2.05) is 27.0 Å². The summed E-state index contributed by atoms with van der Waals surface area (Å²) in [6.07, 6.45) is 3.87. The van der Waals surface area contributed by atoms with Crippen LogP contribution in [0.5, 0.6) is 0 Å². The van der Waals surface area contributed by atoms with E-state index in [1.165, 1.54) is 0 Å². The summed E-state index contributed by atoms with van der Waals surface area (Å²) >= 11 is 0. The van der Waals surface area contributed by atoms with Gasteiger partial charge in [0.25, 0.3) is 0 Å². The summed E-state index contributed by atoms with van der Waals surface area (Å²) in [5, 5.41) is 7.91. The number of hydrogen-bond acceptors (Lipinski definition) is 4. The first kappa shape index (κ1) is 21.5. The van der Waals surface area contributed by atoms with Gasteiger partial charge in [-0.3, -0.25) is 9.78 Å². The summed E-state index contributed by atoms with van der Waals surface area (Å²) in [5.41, 5.74) is 8.10. The molecule has 0 aromatic carbocycles. The number of nitrogens with zero attached hydrogens (tertiary/aromatic N) is 3. The van der Waals surface area contributed by atoms with Crippen molar-refractivity contribution in [3.8, 4) is 11.3 Å². The minimum Gasteiger partial charge on any atom is -0.481 e. The van der Waals surface area contributed by atoms with Gasteiger partial charge in [0.05, 0.1) is 11.4 Å². The SMILES string of the molecule is CCCC(=O)O.CCc1nc(C(C)C)ccc1-c1nc2c(C)c[nH]c2nc1C. The van der Waals surface area contributed by atoms with Crippen LogP contribution >= 0.6 is 0 Å². The molecule has 3 aromatic rings. The maximum atomic E-state index is 9.60. The minimum atomic E-state index is -0.711. The van der Waals surface area contributed by atoms with Gasteiger partial charge in [-0.15, -0.1) is 0 Å². The first-order chi connectivity index (χ1) is 13.3. The number of fused-ring (bicyclic) bond motifs is 1. The van der Waals surface area contributed by atoms with Crippen LogP contribution in [0.1, 0.15) is 69.1 Å². The zero-order valence-corrected chi connectivity index (χ0v) is 17.6. The summed E-state index contributed by atoms with van der Waals surface area (Å²) in [5.74, 6) is -0.279. The third-order valence-corrected chi connectivity index (χ3v) is 4.51.